The van der Waals surface area contributed by atoms with Crippen LogP contribution in [-0.2, 0) is 22.6 Å². The van der Waals surface area contributed by atoms with Crippen molar-refractivity contribution in [2.75, 3.05) is 19.7 Å². The van der Waals surface area contributed by atoms with Crippen LogP contribution in [0, 0.1) is 6.92 Å². The molecule has 2 aliphatic heterocycles. The lowest BCUT2D eigenvalue weighted by molar-refractivity contribution is -0.000709. The van der Waals surface area contributed by atoms with Crippen molar-refractivity contribution in [2.24, 2.45) is 0 Å². The van der Waals surface area contributed by atoms with Crippen LogP contribution in [0.5, 0.6) is 0 Å². The fourth-order valence-electron chi connectivity index (χ4n) is 3.74. The Morgan fingerprint density at radius 1 is 1.38 bits per heavy atom. The molecule has 0 bridgehead atoms. The maximum absolute atomic E-state index is 6.16. The van der Waals surface area contributed by atoms with Gasteiger partial charge in [0.2, 0.25) is 0 Å². The number of pyridine rings is 1. The van der Waals surface area contributed by atoms with Gasteiger partial charge < -0.3 is 13.9 Å². The van der Waals surface area contributed by atoms with Crippen LogP contribution in [0.4, 0.5) is 0 Å². The van der Waals surface area contributed by atoms with E-state index in [-0.39, 0.29) is 11.7 Å². The predicted molar refractivity (Wildman–Crippen MR) is 89.5 cm³/mol. The molecule has 2 aromatic rings. The van der Waals surface area contributed by atoms with Gasteiger partial charge in [0.05, 0.1) is 31.5 Å². The quantitative estimate of drug-likeness (QED) is 0.844. The van der Waals surface area contributed by atoms with Gasteiger partial charge in [0.15, 0.2) is 0 Å². The molecular weight excluding hydrogens is 304 g/mol. The standard InChI is InChI=1S/C19H24N2O3/c1-15-4-5-17(24-15)11-21-8-6-19(14-21)9-18(13-23-19)22-12-16-3-2-7-20-10-16/h2-5,7,10,18H,6,8-9,11-14H2,1H3/t18-,19+/m1/s1. The van der Waals surface area contributed by atoms with E-state index in [1.807, 2.05) is 31.3 Å². The van der Waals surface area contributed by atoms with Crippen LogP contribution < -0.4 is 0 Å². The van der Waals surface area contributed by atoms with Gasteiger partial charge in [-0.25, -0.2) is 0 Å². The normalized spacial score (nSPS) is 27.3. The Morgan fingerprint density at radius 3 is 3.12 bits per heavy atom. The third-order valence-corrected chi connectivity index (χ3v) is 4.95. The summed E-state index contributed by atoms with van der Waals surface area (Å²) in [6.07, 6.45) is 5.86. The molecule has 0 aromatic carbocycles. The fraction of sp³-hybridized carbons (Fsp3) is 0.526. The van der Waals surface area contributed by atoms with Crippen LogP contribution in [0.1, 0.15) is 29.9 Å². The maximum Gasteiger partial charge on any atom is 0.118 e. The second-order valence-corrected chi connectivity index (χ2v) is 6.97. The topological polar surface area (TPSA) is 47.7 Å². The highest BCUT2D eigenvalue weighted by Gasteiger charge is 2.45. The molecule has 0 unspecified atom stereocenters. The Kier molecular flexibility index (Phi) is 4.39. The average molecular weight is 328 g/mol. The average Bonchev–Trinajstić information content (AvgIpc) is 3.29. The molecule has 1 spiro atoms. The van der Waals surface area contributed by atoms with Crippen molar-refractivity contribution in [3.63, 3.8) is 0 Å². The lowest BCUT2D eigenvalue weighted by Gasteiger charge is -2.23. The largest absolute Gasteiger partial charge is 0.465 e. The summed E-state index contributed by atoms with van der Waals surface area (Å²) in [4.78, 5) is 6.54. The minimum absolute atomic E-state index is 0.0404. The second-order valence-electron chi connectivity index (χ2n) is 6.97. The monoisotopic (exact) mass is 328 g/mol. The van der Waals surface area contributed by atoms with Crippen LogP contribution in [0.25, 0.3) is 0 Å². The fourth-order valence-corrected chi connectivity index (χ4v) is 3.74. The molecule has 2 fully saturated rings. The van der Waals surface area contributed by atoms with Gasteiger partial charge in [0.1, 0.15) is 11.5 Å². The summed E-state index contributed by atoms with van der Waals surface area (Å²) in [5, 5.41) is 0. The molecule has 5 heteroatoms. The van der Waals surface area contributed by atoms with Gasteiger partial charge in [-0.05, 0) is 37.1 Å². The molecule has 0 aliphatic carbocycles. The molecule has 128 valence electrons. The Bertz CT molecular complexity index is 672. The molecule has 2 atom stereocenters. The summed E-state index contributed by atoms with van der Waals surface area (Å²) in [5.74, 6) is 2.01. The number of aromatic nitrogens is 1. The second kappa shape index (κ2) is 6.67. The third kappa shape index (κ3) is 3.53. The van der Waals surface area contributed by atoms with Crippen molar-refractivity contribution in [2.45, 2.75) is 44.6 Å². The predicted octanol–water partition coefficient (Wildman–Crippen LogP) is 2.93. The molecule has 2 saturated heterocycles. The van der Waals surface area contributed by atoms with Crippen LogP contribution in [0.3, 0.4) is 0 Å². The van der Waals surface area contributed by atoms with Crippen molar-refractivity contribution in [3.05, 3.63) is 53.7 Å². The van der Waals surface area contributed by atoms with Crippen molar-refractivity contribution < 1.29 is 13.9 Å². The summed E-state index contributed by atoms with van der Waals surface area (Å²) < 4.78 is 17.9. The summed E-state index contributed by atoms with van der Waals surface area (Å²) >= 11 is 0. The van der Waals surface area contributed by atoms with E-state index in [9.17, 15) is 0 Å². The third-order valence-electron chi connectivity index (χ3n) is 4.95. The summed E-state index contributed by atoms with van der Waals surface area (Å²) in [5.41, 5.74) is 1.07. The molecular formula is C19H24N2O3. The Morgan fingerprint density at radius 2 is 2.33 bits per heavy atom. The van der Waals surface area contributed by atoms with Crippen LogP contribution >= 0.6 is 0 Å². The number of aryl methyl sites for hydroxylation is 1. The number of furan rings is 1. The first-order valence-corrected chi connectivity index (χ1v) is 8.63. The summed E-state index contributed by atoms with van der Waals surface area (Å²) in [7, 11) is 0. The lowest BCUT2D eigenvalue weighted by Crippen LogP contribution is -2.32. The Labute approximate surface area is 142 Å². The minimum atomic E-state index is -0.0404. The van der Waals surface area contributed by atoms with E-state index in [1.165, 1.54) is 0 Å². The highest BCUT2D eigenvalue weighted by Crippen LogP contribution is 2.37. The van der Waals surface area contributed by atoms with Crippen LogP contribution in [-0.4, -0.2) is 41.3 Å². The van der Waals surface area contributed by atoms with Gasteiger partial charge in [-0.2, -0.15) is 0 Å². The number of ether oxygens (including phenoxy) is 2. The van der Waals surface area contributed by atoms with E-state index in [2.05, 4.69) is 16.0 Å². The molecule has 2 aromatic heterocycles. The van der Waals surface area contributed by atoms with E-state index >= 15 is 0 Å². The van der Waals surface area contributed by atoms with Gasteiger partial charge in [-0.3, -0.25) is 9.88 Å². The Balaban J connectivity index is 1.28. The van der Waals surface area contributed by atoms with Crippen LogP contribution in [0.15, 0.2) is 41.1 Å². The van der Waals surface area contributed by atoms with E-state index in [4.69, 9.17) is 13.9 Å². The summed E-state index contributed by atoms with van der Waals surface area (Å²) in [6, 6.07) is 8.07. The molecule has 2 aliphatic rings. The number of rotatable bonds is 5. The molecule has 0 radical (unpaired) electrons. The van der Waals surface area contributed by atoms with Gasteiger partial charge in [-0.15, -0.1) is 0 Å². The molecule has 0 saturated carbocycles. The first kappa shape index (κ1) is 15.8. The summed E-state index contributed by atoms with van der Waals surface area (Å²) in [6.45, 7) is 6.15. The molecule has 0 amide bonds. The zero-order chi connectivity index (χ0) is 16.4. The Hall–Kier alpha value is -1.69. The highest BCUT2D eigenvalue weighted by atomic mass is 16.6. The van der Waals surface area contributed by atoms with Gasteiger partial charge in [0.25, 0.3) is 0 Å². The maximum atomic E-state index is 6.16. The van der Waals surface area contributed by atoms with Gasteiger partial charge >= 0.3 is 0 Å². The van der Waals surface area contributed by atoms with E-state index in [1.54, 1.807) is 6.20 Å². The number of hydrogen-bond acceptors (Lipinski definition) is 5. The molecule has 4 rings (SSSR count). The van der Waals surface area contributed by atoms with Gasteiger partial charge in [0, 0.05) is 31.9 Å². The van der Waals surface area contributed by atoms with Crippen molar-refractivity contribution in [1.82, 2.24) is 9.88 Å². The number of likely N-dealkylation sites (tertiary alicyclic amines) is 1. The number of hydrogen-bond donors (Lipinski definition) is 0. The van der Waals surface area contributed by atoms with Crippen molar-refractivity contribution in [1.29, 1.82) is 0 Å². The smallest absolute Gasteiger partial charge is 0.118 e. The molecule has 0 N–H and O–H groups in total. The first-order valence-electron chi connectivity index (χ1n) is 8.63. The minimum Gasteiger partial charge on any atom is -0.465 e. The zero-order valence-electron chi connectivity index (χ0n) is 14.1. The molecule has 5 nitrogen and oxygen atoms in total. The molecule has 4 heterocycles. The SMILES string of the molecule is Cc1ccc(CN2CC[C@]3(C[C@@H](OCc4cccnc4)CO3)C2)o1. The van der Waals surface area contributed by atoms with E-state index < -0.39 is 0 Å². The zero-order valence-corrected chi connectivity index (χ0v) is 14.1. The highest BCUT2D eigenvalue weighted by molar-refractivity contribution is 5.08. The molecule has 24 heavy (non-hydrogen) atoms. The van der Waals surface area contributed by atoms with E-state index in [0.29, 0.717) is 13.2 Å². The van der Waals surface area contributed by atoms with Crippen molar-refractivity contribution in [3.8, 4) is 0 Å². The van der Waals surface area contributed by atoms with Crippen LogP contribution in [0.2, 0.25) is 0 Å². The van der Waals surface area contributed by atoms with E-state index in [0.717, 1.165) is 49.6 Å². The first-order chi connectivity index (χ1) is 11.7. The van der Waals surface area contributed by atoms with Crippen molar-refractivity contribution >= 4 is 0 Å². The van der Waals surface area contributed by atoms with Gasteiger partial charge in [-0.1, -0.05) is 6.07 Å². The number of nitrogens with zero attached hydrogens (tertiary/aromatic N) is 2. The lowest BCUT2D eigenvalue weighted by atomic mass is 9.98.